The van der Waals surface area contributed by atoms with Gasteiger partial charge in [-0.2, -0.15) is 0 Å². The molecule has 1 unspecified atom stereocenters. The third-order valence-corrected chi connectivity index (χ3v) is 3.91. The Morgan fingerprint density at radius 1 is 1.48 bits per heavy atom. The second kappa shape index (κ2) is 7.00. The second-order valence-corrected chi connectivity index (χ2v) is 5.69. The van der Waals surface area contributed by atoms with Gasteiger partial charge in [0.05, 0.1) is 36.6 Å². The van der Waals surface area contributed by atoms with Crippen molar-refractivity contribution in [1.29, 1.82) is 0 Å². The molecule has 1 fully saturated rings. The molecular formula is C14H15BrFNO4. The zero-order chi connectivity index (χ0) is 15.4. The van der Waals surface area contributed by atoms with Gasteiger partial charge in [-0.05, 0) is 33.6 Å². The molecule has 1 atom stereocenters. The van der Waals surface area contributed by atoms with Crippen LogP contribution in [0.4, 0.5) is 4.39 Å². The number of amides is 1. The molecule has 0 spiro atoms. The van der Waals surface area contributed by atoms with Crippen molar-refractivity contribution in [2.24, 2.45) is 0 Å². The molecular weight excluding hydrogens is 345 g/mol. The molecule has 0 bridgehead atoms. The van der Waals surface area contributed by atoms with Crippen molar-refractivity contribution >= 4 is 27.8 Å². The molecule has 114 valence electrons. The minimum Gasteiger partial charge on any atom is -0.481 e. The number of aliphatic carboxylic acids is 1. The third kappa shape index (κ3) is 4.25. The lowest BCUT2D eigenvalue weighted by atomic mass is 10.1. The van der Waals surface area contributed by atoms with Crippen LogP contribution in [0, 0.1) is 5.82 Å². The first-order valence-electron chi connectivity index (χ1n) is 6.50. The number of carboxylic acids is 1. The van der Waals surface area contributed by atoms with Gasteiger partial charge in [0.15, 0.2) is 0 Å². The molecule has 5 nitrogen and oxygen atoms in total. The first-order chi connectivity index (χ1) is 9.97. The highest BCUT2D eigenvalue weighted by Crippen LogP contribution is 2.19. The van der Waals surface area contributed by atoms with E-state index in [0.717, 1.165) is 0 Å². The van der Waals surface area contributed by atoms with Crippen LogP contribution in [0.1, 0.15) is 12.0 Å². The summed E-state index contributed by atoms with van der Waals surface area (Å²) in [6.45, 7) is 0.999. The maximum atomic E-state index is 13.2. The molecule has 0 saturated carbocycles. The summed E-state index contributed by atoms with van der Waals surface area (Å²) < 4.78 is 18.7. The Kier molecular flexibility index (Phi) is 5.30. The lowest BCUT2D eigenvalue weighted by Crippen LogP contribution is -2.50. The van der Waals surface area contributed by atoms with Gasteiger partial charge in [-0.1, -0.05) is 6.07 Å². The average Bonchev–Trinajstić information content (AvgIpc) is 2.43. The molecule has 1 aliphatic heterocycles. The highest BCUT2D eigenvalue weighted by molar-refractivity contribution is 9.10. The Morgan fingerprint density at radius 2 is 2.24 bits per heavy atom. The van der Waals surface area contributed by atoms with Gasteiger partial charge in [-0.15, -0.1) is 0 Å². The third-order valence-electron chi connectivity index (χ3n) is 3.30. The van der Waals surface area contributed by atoms with Crippen molar-refractivity contribution in [2.45, 2.75) is 18.9 Å². The summed E-state index contributed by atoms with van der Waals surface area (Å²) in [5, 5.41) is 8.88. The molecule has 21 heavy (non-hydrogen) atoms. The van der Waals surface area contributed by atoms with Gasteiger partial charge in [0.25, 0.3) is 0 Å². The number of benzene rings is 1. The van der Waals surface area contributed by atoms with E-state index in [1.807, 2.05) is 0 Å². The topological polar surface area (TPSA) is 66.8 Å². The zero-order valence-corrected chi connectivity index (χ0v) is 12.8. The number of rotatable bonds is 4. The number of carbonyl (C=O) groups excluding carboxylic acids is 1. The number of nitrogens with zero attached hydrogens (tertiary/aromatic N) is 1. The summed E-state index contributed by atoms with van der Waals surface area (Å²) in [5.74, 6) is -1.53. The first kappa shape index (κ1) is 15.9. The van der Waals surface area contributed by atoms with Crippen molar-refractivity contribution < 1.29 is 23.8 Å². The lowest BCUT2D eigenvalue weighted by Gasteiger charge is -2.35. The number of carboxylic acid groups (broad SMARTS) is 1. The van der Waals surface area contributed by atoms with Crippen LogP contribution < -0.4 is 0 Å². The fraction of sp³-hybridized carbons (Fsp3) is 0.429. The van der Waals surface area contributed by atoms with E-state index in [-0.39, 0.29) is 31.2 Å². The Labute approximate surface area is 129 Å². The average molecular weight is 360 g/mol. The highest BCUT2D eigenvalue weighted by atomic mass is 79.9. The summed E-state index contributed by atoms with van der Waals surface area (Å²) in [7, 11) is 0. The van der Waals surface area contributed by atoms with Crippen LogP contribution in [-0.4, -0.2) is 47.7 Å². The molecule has 1 aromatic rings. The Balaban J connectivity index is 2.06. The van der Waals surface area contributed by atoms with Gasteiger partial charge >= 0.3 is 5.97 Å². The Hall–Kier alpha value is -1.47. The fourth-order valence-corrected chi connectivity index (χ4v) is 2.71. The van der Waals surface area contributed by atoms with Crippen LogP contribution in [0.15, 0.2) is 22.7 Å². The predicted octanol–water partition coefficient (Wildman–Crippen LogP) is 1.83. The first-order valence-corrected chi connectivity index (χ1v) is 7.29. The van der Waals surface area contributed by atoms with Gasteiger partial charge < -0.3 is 14.7 Å². The summed E-state index contributed by atoms with van der Waals surface area (Å²) in [4.78, 5) is 24.7. The summed E-state index contributed by atoms with van der Waals surface area (Å²) in [6, 6.07) is 3.94. The molecule has 0 aromatic heterocycles. The largest absolute Gasteiger partial charge is 0.481 e. The van der Waals surface area contributed by atoms with Crippen LogP contribution >= 0.6 is 15.9 Å². The van der Waals surface area contributed by atoms with E-state index in [9.17, 15) is 14.0 Å². The molecule has 1 N–H and O–H groups in total. The van der Waals surface area contributed by atoms with E-state index in [0.29, 0.717) is 23.2 Å². The second-order valence-electron chi connectivity index (χ2n) is 4.84. The van der Waals surface area contributed by atoms with Crippen LogP contribution in [0.2, 0.25) is 0 Å². The number of hydrogen-bond donors (Lipinski definition) is 1. The van der Waals surface area contributed by atoms with Crippen LogP contribution in [0.25, 0.3) is 0 Å². The summed E-state index contributed by atoms with van der Waals surface area (Å²) in [5.41, 5.74) is 0.675. The standard InChI is InChI=1S/C14H15BrFNO4/c15-11-5-9(1-2-12(11)16)6-13(18)17-3-4-21-8-10(17)7-14(19)20/h1-2,5,10H,3-4,6-8H2,(H,19,20). The number of hydrogen-bond acceptors (Lipinski definition) is 3. The molecule has 2 rings (SSSR count). The van der Waals surface area contributed by atoms with Crippen LogP contribution in [-0.2, 0) is 20.7 Å². The van der Waals surface area contributed by atoms with Crippen molar-refractivity contribution in [2.75, 3.05) is 19.8 Å². The van der Waals surface area contributed by atoms with E-state index < -0.39 is 12.0 Å². The van der Waals surface area contributed by atoms with Gasteiger partial charge in [0, 0.05) is 6.54 Å². The molecule has 1 aliphatic rings. The summed E-state index contributed by atoms with van der Waals surface area (Å²) in [6.07, 6.45) is -0.0339. The molecule has 7 heteroatoms. The van der Waals surface area contributed by atoms with Gasteiger partial charge in [-0.3, -0.25) is 9.59 Å². The fourth-order valence-electron chi connectivity index (χ4n) is 2.28. The molecule has 1 aromatic carbocycles. The van der Waals surface area contributed by atoms with Crippen LogP contribution in [0.5, 0.6) is 0 Å². The smallest absolute Gasteiger partial charge is 0.305 e. The van der Waals surface area contributed by atoms with E-state index in [2.05, 4.69) is 15.9 Å². The van der Waals surface area contributed by atoms with Crippen molar-refractivity contribution in [3.8, 4) is 0 Å². The normalized spacial score (nSPS) is 18.6. The number of carbonyl (C=O) groups is 2. The quantitative estimate of drug-likeness (QED) is 0.890. The van der Waals surface area contributed by atoms with Crippen molar-refractivity contribution in [3.63, 3.8) is 0 Å². The van der Waals surface area contributed by atoms with E-state index in [1.165, 1.54) is 11.0 Å². The minimum absolute atomic E-state index is 0.106. The molecule has 0 radical (unpaired) electrons. The number of halogens is 2. The van der Waals surface area contributed by atoms with Crippen molar-refractivity contribution in [3.05, 3.63) is 34.1 Å². The zero-order valence-electron chi connectivity index (χ0n) is 11.2. The number of ether oxygens (including phenoxy) is 1. The van der Waals surface area contributed by atoms with E-state index in [1.54, 1.807) is 12.1 Å². The highest BCUT2D eigenvalue weighted by Gasteiger charge is 2.29. The Morgan fingerprint density at radius 3 is 2.90 bits per heavy atom. The van der Waals surface area contributed by atoms with Crippen LogP contribution in [0.3, 0.4) is 0 Å². The predicted molar refractivity (Wildman–Crippen MR) is 76.4 cm³/mol. The minimum atomic E-state index is -0.965. The SMILES string of the molecule is O=C(O)CC1COCCN1C(=O)Cc1ccc(F)c(Br)c1. The van der Waals surface area contributed by atoms with Gasteiger partial charge in [0.1, 0.15) is 5.82 Å². The van der Waals surface area contributed by atoms with E-state index >= 15 is 0 Å². The Bertz CT molecular complexity index is 552. The van der Waals surface area contributed by atoms with Gasteiger partial charge in [-0.25, -0.2) is 4.39 Å². The van der Waals surface area contributed by atoms with Gasteiger partial charge in [0.2, 0.25) is 5.91 Å². The molecule has 0 aliphatic carbocycles. The number of morpholine rings is 1. The van der Waals surface area contributed by atoms with E-state index in [4.69, 9.17) is 9.84 Å². The molecule has 1 heterocycles. The maximum Gasteiger partial charge on any atom is 0.305 e. The maximum absolute atomic E-state index is 13.2. The molecule has 1 amide bonds. The monoisotopic (exact) mass is 359 g/mol. The lowest BCUT2D eigenvalue weighted by molar-refractivity contribution is -0.145. The van der Waals surface area contributed by atoms with Crippen molar-refractivity contribution in [1.82, 2.24) is 4.90 Å². The molecule has 1 saturated heterocycles. The summed E-state index contributed by atoms with van der Waals surface area (Å²) >= 11 is 3.08.